The molecule has 2 amide bonds. The molecule has 41 heavy (non-hydrogen) atoms. The number of carbonyl (C=O) groups is 1. The second-order valence-electron chi connectivity index (χ2n) is 9.84. The lowest BCUT2D eigenvalue weighted by molar-refractivity contribution is 0.177. The maximum absolute atomic E-state index is 14.0. The maximum Gasteiger partial charge on any atom is 0.322 e. The monoisotopic (exact) mass is 546 g/mol. The molecule has 0 aliphatic heterocycles. The quantitative estimate of drug-likeness (QED) is 0.211. The van der Waals surface area contributed by atoms with E-state index in [0.29, 0.717) is 42.0 Å². The maximum atomic E-state index is 14.0. The summed E-state index contributed by atoms with van der Waals surface area (Å²) in [6, 6.07) is 31.5. The fraction of sp³-hybridized carbons (Fsp3) is 0.206. The SMILES string of the molecule is CCOc1ccc(-n2c(C(CC)N(Cc3ccccc3)C(=O)Nc3ccccc3C)nc3ccccc3c2=O)cc1. The first-order valence-corrected chi connectivity index (χ1v) is 13.9. The third kappa shape index (κ3) is 5.99. The second kappa shape index (κ2) is 12.5. The van der Waals surface area contributed by atoms with Crippen molar-refractivity contribution >= 4 is 22.6 Å². The molecule has 0 radical (unpaired) electrons. The molecule has 1 atom stereocenters. The summed E-state index contributed by atoms with van der Waals surface area (Å²) in [6.45, 7) is 6.78. The molecule has 1 aromatic heterocycles. The van der Waals surface area contributed by atoms with Gasteiger partial charge in [0.05, 0.1) is 29.2 Å². The van der Waals surface area contributed by atoms with Crippen LogP contribution in [0.15, 0.2) is 108 Å². The Morgan fingerprint density at radius 2 is 1.59 bits per heavy atom. The van der Waals surface area contributed by atoms with Crippen molar-refractivity contribution in [1.29, 1.82) is 0 Å². The highest BCUT2D eigenvalue weighted by Crippen LogP contribution is 2.29. The van der Waals surface area contributed by atoms with Gasteiger partial charge in [-0.25, -0.2) is 9.78 Å². The van der Waals surface area contributed by atoms with E-state index in [4.69, 9.17) is 9.72 Å². The number of fused-ring (bicyclic) bond motifs is 1. The molecule has 1 unspecified atom stereocenters. The largest absolute Gasteiger partial charge is 0.494 e. The Balaban J connectivity index is 1.67. The van der Waals surface area contributed by atoms with Crippen LogP contribution in [-0.4, -0.2) is 27.1 Å². The van der Waals surface area contributed by atoms with Crippen molar-refractivity contribution in [1.82, 2.24) is 14.5 Å². The number of hydrogen-bond acceptors (Lipinski definition) is 4. The van der Waals surface area contributed by atoms with Crippen molar-refractivity contribution in [3.05, 3.63) is 130 Å². The number of benzene rings is 4. The van der Waals surface area contributed by atoms with Crippen LogP contribution >= 0.6 is 0 Å². The molecule has 0 saturated carbocycles. The van der Waals surface area contributed by atoms with E-state index in [0.717, 1.165) is 22.6 Å². The summed E-state index contributed by atoms with van der Waals surface area (Å²) < 4.78 is 7.26. The predicted molar refractivity (Wildman–Crippen MR) is 164 cm³/mol. The zero-order valence-corrected chi connectivity index (χ0v) is 23.6. The minimum absolute atomic E-state index is 0.188. The van der Waals surface area contributed by atoms with Gasteiger partial charge in [-0.1, -0.05) is 67.6 Å². The number of urea groups is 1. The lowest BCUT2D eigenvalue weighted by Gasteiger charge is -2.32. The van der Waals surface area contributed by atoms with Gasteiger partial charge in [-0.15, -0.1) is 0 Å². The Labute approximate surface area is 240 Å². The number of nitrogens with zero attached hydrogens (tertiary/aromatic N) is 3. The van der Waals surface area contributed by atoms with E-state index in [1.807, 2.05) is 118 Å². The summed E-state index contributed by atoms with van der Waals surface area (Å²) in [5, 5.41) is 3.62. The van der Waals surface area contributed by atoms with Crippen LogP contribution in [0.1, 0.15) is 43.3 Å². The topological polar surface area (TPSA) is 76.5 Å². The highest BCUT2D eigenvalue weighted by atomic mass is 16.5. The van der Waals surface area contributed by atoms with Gasteiger partial charge >= 0.3 is 6.03 Å². The first-order chi connectivity index (χ1) is 20.0. The number of nitrogens with one attached hydrogen (secondary N) is 1. The molecule has 7 heteroatoms. The number of aryl methyl sites for hydroxylation is 1. The first kappa shape index (κ1) is 27.6. The van der Waals surface area contributed by atoms with Gasteiger partial charge < -0.3 is 15.0 Å². The highest BCUT2D eigenvalue weighted by Gasteiger charge is 2.29. The molecule has 208 valence electrons. The van der Waals surface area contributed by atoms with Gasteiger partial charge in [0.1, 0.15) is 11.6 Å². The summed E-state index contributed by atoms with van der Waals surface area (Å²) in [7, 11) is 0. The van der Waals surface area contributed by atoms with Crippen molar-refractivity contribution in [2.45, 2.75) is 39.8 Å². The van der Waals surface area contributed by atoms with Gasteiger partial charge in [0.25, 0.3) is 5.56 Å². The van der Waals surface area contributed by atoms with Gasteiger partial charge in [-0.3, -0.25) is 9.36 Å². The van der Waals surface area contributed by atoms with Crippen molar-refractivity contribution in [2.24, 2.45) is 0 Å². The highest BCUT2D eigenvalue weighted by molar-refractivity contribution is 5.90. The second-order valence-corrected chi connectivity index (χ2v) is 9.84. The molecule has 5 aromatic rings. The minimum atomic E-state index is -0.511. The zero-order valence-electron chi connectivity index (χ0n) is 23.6. The van der Waals surface area contributed by atoms with Crippen molar-refractivity contribution in [3.63, 3.8) is 0 Å². The Morgan fingerprint density at radius 3 is 2.29 bits per heavy atom. The fourth-order valence-corrected chi connectivity index (χ4v) is 5.03. The summed E-state index contributed by atoms with van der Waals surface area (Å²) in [5.74, 6) is 1.21. The normalized spacial score (nSPS) is 11.7. The van der Waals surface area contributed by atoms with Crippen LogP contribution in [0.2, 0.25) is 0 Å². The van der Waals surface area contributed by atoms with Crippen LogP contribution < -0.4 is 15.6 Å². The van der Waals surface area contributed by atoms with Gasteiger partial charge in [0, 0.05) is 12.2 Å². The minimum Gasteiger partial charge on any atom is -0.494 e. The zero-order chi connectivity index (χ0) is 28.8. The Bertz CT molecular complexity index is 1700. The Hall–Kier alpha value is -4.91. The van der Waals surface area contributed by atoms with E-state index < -0.39 is 6.04 Å². The Morgan fingerprint density at radius 1 is 0.902 bits per heavy atom. The molecule has 0 fully saturated rings. The summed E-state index contributed by atoms with van der Waals surface area (Å²) in [5.41, 5.74) is 3.73. The number of hydrogen-bond donors (Lipinski definition) is 1. The lowest BCUT2D eigenvalue weighted by atomic mass is 10.1. The standard InChI is InChI=1S/C34H34N4O3/c1-4-31(37(23-25-14-7-6-8-15-25)34(40)36-29-17-11-9-13-24(29)3)32-35-30-18-12-10-16-28(30)33(39)38(32)26-19-21-27(22-20-26)41-5-2/h6-22,31H,4-5,23H2,1-3H3,(H,36,40). The molecule has 0 aliphatic rings. The van der Waals surface area contributed by atoms with Gasteiger partial charge in [-0.05, 0) is 73.9 Å². The van der Waals surface area contributed by atoms with Crippen LogP contribution in [0.3, 0.4) is 0 Å². The molecule has 0 bridgehead atoms. The van der Waals surface area contributed by atoms with E-state index in [-0.39, 0.29) is 11.6 Å². The number of carbonyl (C=O) groups excluding carboxylic acids is 1. The number of aromatic nitrogens is 2. The van der Waals surface area contributed by atoms with E-state index in [9.17, 15) is 9.59 Å². The molecule has 0 spiro atoms. The molecular weight excluding hydrogens is 512 g/mol. The molecule has 4 aromatic carbocycles. The molecule has 0 aliphatic carbocycles. The number of rotatable bonds is 9. The van der Waals surface area contributed by atoms with Crippen molar-refractivity contribution in [2.75, 3.05) is 11.9 Å². The summed E-state index contributed by atoms with van der Waals surface area (Å²) in [4.78, 5) is 34.9. The van der Waals surface area contributed by atoms with Crippen LogP contribution in [-0.2, 0) is 6.54 Å². The molecule has 5 rings (SSSR count). The third-order valence-electron chi connectivity index (χ3n) is 7.11. The van der Waals surface area contributed by atoms with E-state index in [2.05, 4.69) is 5.32 Å². The van der Waals surface area contributed by atoms with Crippen LogP contribution in [0.25, 0.3) is 16.6 Å². The summed E-state index contributed by atoms with van der Waals surface area (Å²) >= 11 is 0. The smallest absolute Gasteiger partial charge is 0.322 e. The van der Waals surface area contributed by atoms with Crippen molar-refractivity contribution in [3.8, 4) is 11.4 Å². The fourth-order valence-electron chi connectivity index (χ4n) is 5.03. The number of anilines is 1. The van der Waals surface area contributed by atoms with Crippen LogP contribution in [0.5, 0.6) is 5.75 Å². The Kier molecular flexibility index (Phi) is 8.44. The molecule has 0 saturated heterocycles. The number of amides is 2. The molecule has 1 heterocycles. The van der Waals surface area contributed by atoms with Gasteiger partial charge in [-0.2, -0.15) is 0 Å². The van der Waals surface area contributed by atoms with Crippen LogP contribution in [0, 0.1) is 6.92 Å². The van der Waals surface area contributed by atoms with Gasteiger partial charge in [0.2, 0.25) is 0 Å². The van der Waals surface area contributed by atoms with E-state index in [1.54, 1.807) is 15.5 Å². The molecular formula is C34H34N4O3. The van der Waals surface area contributed by atoms with Gasteiger partial charge in [0.15, 0.2) is 0 Å². The van der Waals surface area contributed by atoms with Crippen molar-refractivity contribution < 1.29 is 9.53 Å². The first-order valence-electron chi connectivity index (χ1n) is 13.9. The van der Waals surface area contributed by atoms with E-state index in [1.165, 1.54) is 0 Å². The molecule has 7 nitrogen and oxygen atoms in total. The average Bonchev–Trinajstić information content (AvgIpc) is 2.99. The predicted octanol–water partition coefficient (Wildman–Crippen LogP) is 7.28. The van der Waals surface area contributed by atoms with E-state index >= 15 is 0 Å². The lowest BCUT2D eigenvalue weighted by Crippen LogP contribution is -2.40. The number of para-hydroxylation sites is 2. The third-order valence-corrected chi connectivity index (χ3v) is 7.11. The average molecular weight is 547 g/mol. The summed E-state index contributed by atoms with van der Waals surface area (Å²) in [6.07, 6.45) is 0.538. The number of ether oxygens (including phenoxy) is 1. The van der Waals surface area contributed by atoms with Crippen LogP contribution in [0.4, 0.5) is 10.5 Å². The molecule has 1 N–H and O–H groups in total.